The first-order valence-corrected chi connectivity index (χ1v) is 110. The van der Waals surface area contributed by atoms with Gasteiger partial charge in [-0.2, -0.15) is 0 Å². The molecule has 20 aromatic heterocycles. The molecule has 0 nitrogen and oxygen atoms in total. The van der Waals surface area contributed by atoms with Crippen molar-refractivity contribution in [3.8, 4) is 248 Å². The van der Waals surface area contributed by atoms with E-state index in [0.717, 1.165) is 0 Å². The Kier molecular flexibility index (Phi) is 24.9. The van der Waals surface area contributed by atoms with Crippen molar-refractivity contribution in [2.45, 2.75) is 236 Å². The molecule has 0 radical (unpaired) electrons. The Morgan fingerprint density at radius 3 is 0.216 bits per heavy atom. The fourth-order valence-corrected chi connectivity index (χ4v) is 68.2. The smallest absolute Gasteiger partial charge is 0.0904 e. The van der Waals surface area contributed by atoms with Crippen molar-refractivity contribution in [3.05, 3.63) is 121 Å². The van der Waals surface area contributed by atoms with E-state index >= 15 is 0 Å². The molecule has 20 heterocycles. The van der Waals surface area contributed by atoms with Gasteiger partial charge < -0.3 is 0 Å². The molecule has 0 unspecified atom stereocenters. The van der Waals surface area contributed by atoms with E-state index in [2.05, 4.69) is 584 Å². The van der Waals surface area contributed by atoms with E-state index < -0.39 is 96.9 Å². The van der Waals surface area contributed by atoms with Crippen LogP contribution in [0.4, 0.5) is 0 Å². The van der Waals surface area contributed by atoms with Crippen molar-refractivity contribution in [3.63, 3.8) is 0 Å². The Morgan fingerprint density at radius 1 is 0.0878 bits per heavy atom. The van der Waals surface area contributed by atoms with Gasteiger partial charge >= 0.3 is 0 Å². The number of hydrogen-bond donors (Lipinski definition) is 0. The van der Waals surface area contributed by atoms with Gasteiger partial charge in [-0.05, 0) is 175 Å². The lowest BCUT2D eigenvalue weighted by atomic mass is 9.95. The third-order valence-corrected chi connectivity index (χ3v) is 97.5. The summed E-state index contributed by atoms with van der Waals surface area (Å²) in [5.74, 6) is 0. The second-order valence-electron chi connectivity index (χ2n) is 54.1. The second-order valence-corrected chi connectivity index (χ2v) is 140. The van der Waals surface area contributed by atoms with Gasteiger partial charge in [0, 0.05) is 150 Å². The zero-order chi connectivity index (χ0) is 105. The lowest BCUT2D eigenvalue weighted by molar-refractivity contribution is 1.72. The standard InChI is InChI=1S/C116H128S20Si12/c1-137(2,3)85-45-65-61-41-81(121-101(61)105-69(49-89(125-105)141(13,14)15)73-53-93(145(25,26)27)133-113(73)109(65)129-85)77-37-57-58-38-78(82-42-62-66-46-86(138(4,5)6)130-110(66)114-74(54-94(134-114)146(28,29)30)70-50-90(142(16,17)18)126-106(70)102(62)122-82)119-99(58)100-60(40-80(120-100)84-44-64-68-48-88(140(10,11)12)132-112(68)116-76(56-96(136-116)148(34,35)36)72-52-92(144(22,23)24)128-108(72)104(64)124-84)59-39-79(118-98(59)97(57)117-77)83-43-63-67-47-87(139(7,8)9)131-111(67)115-75(55-95(135-115)147(31,32)33)71-51-91(143(19,20)21)127-107(71)103(63)123-83/h37-56H,1-36H3. The number of rotatable bonds is 16. The molecule has 0 N–H and O–H groups in total. The Morgan fingerprint density at radius 2 is 0.149 bits per heavy atom. The van der Waals surface area contributed by atoms with Gasteiger partial charge in [0.2, 0.25) is 0 Å². The summed E-state index contributed by atoms with van der Waals surface area (Å²) in [5, 5.41) is 0. The summed E-state index contributed by atoms with van der Waals surface area (Å²) in [4.78, 5) is 40.4. The summed E-state index contributed by atoms with van der Waals surface area (Å²) in [5.41, 5.74) is 28.9. The number of hydrogen-bond acceptors (Lipinski definition) is 20. The van der Waals surface area contributed by atoms with E-state index in [-0.39, 0.29) is 0 Å². The number of thiophene rings is 20. The second kappa shape index (κ2) is 35.1. The molecule has 0 amide bonds. The fourth-order valence-electron chi connectivity index (χ4n) is 20.6. The van der Waals surface area contributed by atoms with Crippen molar-refractivity contribution < 1.29 is 0 Å². The molecule has 0 fully saturated rings. The van der Waals surface area contributed by atoms with Crippen LogP contribution in [0.3, 0.4) is 0 Å². The molecule has 0 atom stereocenters. The third kappa shape index (κ3) is 17.5. The van der Waals surface area contributed by atoms with Gasteiger partial charge in [-0.3, -0.25) is 0 Å². The van der Waals surface area contributed by atoms with Crippen LogP contribution in [0.25, 0.3) is 248 Å². The molecule has 0 saturated heterocycles. The quantitative estimate of drug-likeness (QED) is 0.0846. The van der Waals surface area contributed by atoms with Crippen LogP contribution in [0.2, 0.25) is 236 Å². The predicted molar refractivity (Wildman–Crippen MR) is 738 cm³/mol. The van der Waals surface area contributed by atoms with Crippen LogP contribution in [0.15, 0.2) is 121 Å². The average Bonchev–Trinajstić information content (AvgIpc) is 1.49. The molecule has 5 aliphatic rings. The van der Waals surface area contributed by atoms with E-state index in [1.165, 1.54) is 248 Å². The van der Waals surface area contributed by atoms with Crippen LogP contribution in [0.1, 0.15) is 0 Å². The van der Waals surface area contributed by atoms with Gasteiger partial charge in [0.1, 0.15) is 0 Å². The first-order chi connectivity index (χ1) is 68.8. The highest BCUT2D eigenvalue weighted by Gasteiger charge is 2.45. The molecular formula is C116H128S20Si12. The zero-order valence-electron chi connectivity index (χ0n) is 91.7. The molecule has 0 saturated carbocycles. The Hall–Kier alpha value is -3.40. The maximum Gasteiger partial charge on any atom is 0.0904 e. The van der Waals surface area contributed by atoms with Crippen molar-refractivity contribution in [2.24, 2.45) is 0 Å². The Bertz CT molecular complexity index is 7460. The SMILES string of the molecule is C[Si](C)(C)c1cc2c(s1)-c1sc(-c3cc4c(s3)-c3sc(-c5cc6c(s5)-c5sc([Si](C)(C)C)cc5-c5cc([Si](C)(C)C)sc5-c5sc([Si](C)(C)C)cc5-6)cc3-c3cc(-c5cc6c(s5)-c5sc([Si](C)(C)C)cc5-c5cc([Si](C)(C)C)sc5-c5sc([Si](C)(C)C)cc5-6)sc3-c3sc(-c5cc6c(s5)-c5sc([Si](C)(C)C)cc5-c5cc([Si](C)(C)C)sc5-c5sc([Si](C)(C)C)cc5-6)cc3-4)cc1-c1cc([Si](C)(C)C)sc1-c1sc([Si](C)(C)C)cc1-2. The normalized spacial score (nSPS) is 14.1. The van der Waals surface area contributed by atoms with E-state index in [1.807, 2.05) is 0 Å². The average molecular weight is 2500 g/mol. The Labute approximate surface area is 969 Å². The van der Waals surface area contributed by atoms with Gasteiger partial charge in [0.05, 0.1) is 194 Å². The first-order valence-electron chi connectivity index (χ1n) is 51.7. The molecule has 0 aromatic carbocycles. The fraction of sp³-hybridized carbons (Fsp3) is 0.310. The van der Waals surface area contributed by atoms with Gasteiger partial charge in [0.15, 0.2) is 0 Å². The topological polar surface area (TPSA) is 0 Å². The van der Waals surface area contributed by atoms with Gasteiger partial charge in [-0.1, -0.05) is 236 Å². The summed E-state index contributed by atoms with van der Waals surface area (Å²) in [6.45, 7) is 92.9. The Balaban J connectivity index is 0.774. The van der Waals surface area contributed by atoms with Gasteiger partial charge in [0.25, 0.3) is 0 Å². The van der Waals surface area contributed by atoms with Crippen LogP contribution in [0.5, 0.6) is 0 Å². The van der Waals surface area contributed by atoms with Crippen LogP contribution in [-0.2, 0) is 0 Å². The van der Waals surface area contributed by atoms with E-state index in [4.69, 9.17) is 0 Å². The largest absolute Gasteiger partial charge is 0.143 e. The molecule has 5 aliphatic carbocycles. The molecule has 0 aliphatic heterocycles. The third-order valence-electron chi connectivity index (χ3n) is 29.4. The minimum absolute atomic E-state index is 1.37. The van der Waals surface area contributed by atoms with Crippen molar-refractivity contribution in [1.29, 1.82) is 0 Å². The summed E-state index contributed by atoms with van der Waals surface area (Å²) < 4.78 is 19.2. The van der Waals surface area contributed by atoms with Crippen LogP contribution in [0, 0.1) is 0 Å². The van der Waals surface area contributed by atoms with E-state index in [9.17, 15) is 0 Å². The lowest BCUT2D eigenvalue weighted by Crippen LogP contribution is -2.35. The van der Waals surface area contributed by atoms with Crippen molar-refractivity contribution >= 4 is 378 Å². The molecule has 0 bridgehead atoms. The highest BCUT2D eigenvalue weighted by atomic mass is 32.2. The van der Waals surface area contributed by atoms with E-state index in [1.54, 1.807) is 54.0 Å². The highest BCUT2D eigenvalue weighted by Crippen LogP contribution is 2.68. The summed E-state index contributed by atoms with van der Waals surface area (Å²) in [6, 6.07) is 54.5. The van der Waals surface area contributed by atoms with Crippen LogP contribution in [-0.4, -0.2) is 96.9 Å². The van der Waals surface area contributed by atoms with Gasteiger partial charge in [-0.15, -0.1) is 227 Å². The highest BCUT2D eigenvalue weighted by molar-refractivity contribution is 7.42. The molecule has 32 heteroatoms. The summed E-state index contributed by atoms with van der Waals surface area (Å²) >= 11 is 42.6. The molecule has 20 aromatic rings. The van der Waals surface area contributed by atoms with Crippen LogP contribution >= 0.6 is 227 Å². The maximum absolute atomic E-state index is 2.77. The molecule has 760 valence electrons. The summed E-state index contributed by atoms with van der Waals surface area (Å²) in [6.07, 6.45) is 0. The van der Waals surface area contributed by atoms with Crippen LogP contribution < -0.4 is 54.0 Å². The van der Waals surface area contributed by atoms with E-state index in [0.29, 0.717) is 0 Å². The lowest BCUT2D eigenvalue weighted by Gasteiger charge is -2.12. The van der Waals surface area contributed by atoms with Crippen molar-refractivity contribution in [1.82, 2.24) is 0 Å². The van der Waals surface area contributed by atoms with Gasteiger partial charge in [-0.25, -0.2) is 0 Å². The zero-order valence-corrected chi connectivity index (χ0v) is 120. The molecule has 148 heavy (non-hydrogen) atoms. The van der Waals surface area contributed by atoms with Crippen molar-refractivity contribution in [2.75, 3.05) is 0 Å². The first kappa shape index (κ1) is 105. The monoisotopic (exact) mass is 2500 g/mol. The molecule has 0 spiro atoms. The predicted octanol–water partition coefficient (Wildman–Crippen LogP) is 41.0. The number of fused-ring (bicyclic) bond motifs is 40. The minimum atomic E-state index is -1.81. The maximum atomic E-state index is 2.77. The minimum Gasteiger partial charge on any atom is -0.143 e. The summed E-state index contributed by atoms with van der Waals surface area (Å²) in [7, 11) is -21.4. The molecule has 25 rings (SSSR count). The molecular weight excluding hydrogens is 2370 g/mol.